The van der Waals surface area contributed by atoms with E-state index in [1.807, 2.05) is 0 Å². The first-order chi connectivity index (χ1) is 4.07. The Hall–Kier alpha value is -0.640. The smallest absolute Gasteiger partial charge is 0.343 e. The third-order valence-electron chi connectivity index (χ3n) is 1.76. The molecule has 0 amide bonds. The molecule has 0 heterocycles. The summed E-state index contributed by atoms with van der Waals surface area (Å²) in [5, 5.41) is 8.21. The molecule has 0 aliphatic heterocycles. The number of carbonyl (C=O) groups is 1. The minimum absolute atomic E-state index is 0.0590. The predicted molar refractivity (Wildman–Crippen MR) is 28.7 cm³/mol. The van der Waals surface area contributed by atoms with Crippen molar-refractivity contribution >= 4 is 5.97 Å². The highest BCUT2D eigenvalue weighted by atomic mass is 19.1. The number of halogens is 1. The molecule has 0 radical (unpaired) electrons. The standard InChI is InChI=1S/C5H8FNO2/c6-5(4(8)9)2-1-3(5)7/h3H,1-2,7H2,(H,8,9)/t3-,5-/m1/s1. The van der Waals surface area contributed by atoms with Crippen LogP contribution in [0.3, 0.4) is 0 Å². The summed E-state index contributed by atoms with van der Waals surface area (Å²) in [6, 6.07) is -0.796. The quantitative estimate of drug-likeness (QED) is 0.525. The summed E-state index contributed by atoms with van der Waals surface area (Å²) >= 11 is 0. The molecule has 2 atom stereocenters. The Balaban J connectivity index is 2.64. The summed E-state index contributed by atoms with van der Waals surface area (Å²) in [7, 11) is 0. The molecule has 0 aromatic rings. The maximum Gasteiger partial charge on any atom is 0.343 e. The third-order valence-corrected chi connectivity index (χ3v) is 1.76. The van der Waals surface area contributed by atoms with Crippen LogP contribution in [0.25, 0.3) is 0 Å². The van der Waals surface area contributed by atoms with E-state index in [9.17, 15) is 9.18 Å². The molecule has 0 aromatic carbocycles. The van der Waals surface area contributed by atoms with Gasteiger partial charge in [-0.25, -0.2) is 9.18 Å². The Morgan fingerprint density at radius 3 is 2.44 bits per heavy atom. The molecule has 0 spiro atoms. The van der Waals surface area contributed by atoms with Gasteiger partial charge in [0.25, 0.3) is 0 Å². The molecule has 3 nitrogen and oxygen atoms in total. The van der Waals surface area contributed by atoms with Crippen LogP contribution in [0.2, 0.25) is 0 Å². The van der Waals surface area contributed by atoms with Crippen LogP contribution in [0.15, 0.2) is 0 Å². The number of carboxylic acid groups (broad SMARTS) is 1. The molecule has 9 heavy (non-hydrogen) atoms. The first kappa shape index (κ1) is 6.48. The molecule has 0 bridgehead atoms. The fourth-order valence-electron chi connectivity index (χ4n) is 0.830. The lowest BCUT2D eigenvalue weighted by Crippen LogP contribution is -2.58. The molecule has 0 aromatic heterocycles. The van der Waals surface area contributed by atoms with E-state index in [4.69, 9.17) is 10.8 Å². The summed E-state index contributed by atoms with van der Waals surface area (Å²) in [5.41, 5.74) is 2.98. The van der Waals surface area contributed by atoms with Crippen molar-refractivity contribution in [3.05, 3.63) is 0 Å². The van der Waals surface area contributed by atoms with Gasteiger partial charge in [-0.1, -0.05) is 0 Å². The molecule has 52 valence electrons. The number of carboxylic acids is 1. The monoisotopic (exact) mass is 133 g/mol. The lowest BCUT2D eigenvalue weighted by atomic mass is 9.77. The largest absolute Gasteiger partial charge is 0.479 e. The molecule has 1 aliphatic rings. The molecule has 3 N–H and O–H groups in total. The molecule has 1 aliphatic carbocycles. The Kier molecular flexibility index (Phi) is 1.20. The highest BCUT2D eigenvalue weighted by Gasteiger charge is 2.52. The van der Waals surface area contributed by atoms with Crippen molar-refractivity contribution < 1.29 is 14.3 Å². The van der Waals surface area contributed by atoms with E-state index in [1.165, 1.54) is 0 Å². The van der Waals surface area contributed by atoms with Crippen LogP contribution in [0.4, 0.5) is 4.39 Å². The van der Waals surface area contributed by atoms with Crippen LogP contribution < -0.4 is 5.73 Å². The van der Waals surface area contributed by atoms with Crippen LogP contribution >= 0.6 is 0 Å². The number of aliphatic carboxylic acids is 1. The molecule has 1 rings (SSSR count). The average Bonchev–Trinajstić information content (AvgIpc) is 1.82. The number of hydrogen-bond donors (Lipinski definition) is 2. The minimum atomic E-state index is -2.12. The third kappa shape index (κ3) is 0.702. The van der Waals surface area contributed by atoms with Gasteiger partial charge >= 0.3 is 5.97 Å². The van der Waals surface area contributed by atoms with E-state index in [1.54, 1.807) is 0 Å². The molecule has 4 heteroatoms. The topological polar surface area (TPSA) is 63.3 Å². The second-order valence-corrected chi connectivity index (χ2v) is 2.31. The summed E-state index contributed by atoms with van der Waals surface area (Å²) < 4.78 is 12.7. The maximum atomic E-state index is 12.7. The van der Waals surface area contributed by atoms with Gasteiger partial charge in [0.1, 0.15) is 0 Å². The van der Waals surface area contributed by atoms with Gasteiger partial charge in [0.15, 0.2) is 0 Å². The van der Waals surface area contributed by atoms with Crippen molar-refractivity contribution in [2.75, 3.05) is 0 Å². The van der Waals surface area contributed by atoms with E-state index < -0.39 is 17.7 Å². The van der Waals surface area contributed by atoms with E-state index in [0.29, 0.717) is 6.42 Å². The number of hydrogen-bond acceptors (Lipinski definition) is 2. The van der Waals surface area contributed by atoms with Crippen molar-refractivity contribution in [3.63, 3.8) is 0 Å². The average molecular weight is 133 g/mol. The first-order valence-corrected chi connectivity index (χ1v) is 2.75. The first-order valence-electron chi connectivity index (χ1n) is 2.75. The fraction of sp³-hybridized carbons (Fsp3) is 0.800. The lowest BCUT2D eigenvalue weighted by molar-refractivity contribution is -0.158. The van der Waals surface area contributed by atoms with E-state index in [0.717, 1.165) is 0 Å². The van der Waals surface area contributed by atoms with Gasteiger partial charge in [-0.2, -0.15) is 0 Å². The summed E-state index contributed by atoms with van der Waals surface area (Å²) in [6.45, 7) is 0. The molecular weight excluding hydrogens is 125 g/mol. The lowest BCUT2D eigenvalue weighted by Gasteiger charge is -2.36. The molecule has 0 saturated heterocycles. The maximum absolute atomic E-state index is 12.7. The predicted octanol–water partition coefficient (Wildman–Crippen LogP) is -0.0996. The van der Waals surface area contributed by atoms with E-state index in [-0.39, 0.29) is 6.42 Å². The molecule has 1 fully saturated rings. The van der Waals surface area contributed by atoms with E-state index >= 15 is 0 Å². The second kappa shape index (κ2) is 1.67. The molecule has 1 saturated carbocycles. The van der Waals surface area contributed by atoms with Crippen LogP contribution in [-0.4, -0.2) is 22.8 Å². The van der Waals surface area contributed by atoms with Crippen molar-refractivity contribution in [2.45, 2.75) is 24.6 Å². The summed E-state index contributed by atoms with van der Waals surface area (Å²) in [4.78, 5) is 10.1. The number of rotatable bonds is 1. The fourth-order valence-corrected chi connectivity index (χ4v) is 0.830. The van der Waals surface area contributed by atoms with Crippen LogP contribution in [0.5, 0.6) is 0 Å². The SMILES string of the molecule is N[C@@H]1CC[C@]1(F)C(=O)O. The normalized spacial score (nSPS) is 41.8. The summed E-state index contributed by atoms with van der Waals surface area (Å²) in [5.74, 6) is -1.43. The molecular formula is C5H8FNO2. The van der Waals surface area contributed by atoms with Gasteiger partial charge in [0.05, 0.1) is 0 Å². The Morgan fingerprint density at radius 1 is 1.89 bits per heavy atom. The van der Waals surface area contributed by atoms with Gasteiger partial charge < -0.3 is 10.8 Å². The Morgan fingerprint density at radius 2 is 2.44 bits per heavy atom. The highest BCUT2D eigenvalue weighted by molar-refractivity contribution is 5.79. The second-order valence-electron chi connectivity index (χ2n) is 2.31. The van der Waals surface area contributed by atoms with Crippen molar-refractivity contribution in [1.29, 1.82) is 0 Å². The number of alkyl halides is 1. The van der Waals surface area contributed by atoms with Crippen molar-refractivity contribution in [3.8, 4) is 0 Å². The van der Waals surface area contributed by atoms with Gasteiger partial charge in [0, 0.05) is 6.04 Å². The van der Waals surface area contributed by atoms with Gasteiger partial charge in [-0.05, 0) is 12.8 Å². The number of nitrogens with two attached hydrogens (primary N) is 1. The zero-order chi connectivity index (χ0) is 7.07. The van der Waals surface area contributed by atoms with Gasteiger partial charge in [0.2, 0.25) is 5.67 Å². The van der Waals surface area contributed by atoms with Crippen LogP contribution in [0, 0.1) is 0 Å². The van der Waals surface area contributed by atoms with E-state index in [2.05, 4.69) is 0 Å². The zero-order valence-electron chi connectivity index (χ0n) is 4.80. The van der Waals surface area contributed by atoms with Gasteiger partial charge in [-0.3, -0.25) is 0 Å². The van der Waals surface area contributed by atoms with Crippen LogP contribution in [0.1, 0.15) is 12.8 Å². The Bertz CT molecular complexity index is 150. The summed E-state index contributed by atoms with van der Waals surface area (Å²) in [6.07, 6.45) is 0.534. The van der Waals surface area contributed by atoms with Crippen molar-refractivity contribution in [2.24, 2.45) is 5.73 Å². The Labute approximate surface area is 51.7 Å². The van der Waals surface area contributed by atoms with Gasteiger partial charge in [-0.15, -0.1) is 0 Å². The zero-order valence-corrected chi connectivity index (χ0v) is 4.80. The van der Waals surface area contributed by atoms with Crippen molar-refractivity contribution in [1.82, 2.24) is 0 Å². The van der Waals surface area contributed by atoms with Crippen LogP contribution in [-0.2, 0) is 4.79 Å². The minimum Gasteiger partial charge on any atom is -0.479 e. The highest BCUT2D eigenvalue weighted by Crippen LogP contribution is 2.34. The molecule has 0 unspecified atom stereocenters.